The maximum atomic E-state index is 11.6. The Labute approximate surface area is 215 Å². The number of hydrogen-bond donors (Lipinski definition) is 7. The predicted molar refractivity (Wildman–Crippen MR) is 128 cm³/mol. The van der Waals surface area contributed by atoms with Crippen molar-refractivity contribution in [3.63, 3.8) is 0 Å². The molecular formula is C25H27O13+. The average molecular weight is 535 g/mol. The van der Waals surface area contributed by atoms with Gasteiger partial charge in [-0.15, -0.1) is 0 Å². The fourth-order valence-electron chi connectivity index (χ4n) is 3.91. The normalized spacial score (nSPS) is 23.2. The minimum Gasteiger partial charge on any atom is -0.507 e. The lowest BCUT2D eigenvalue weighted by Gasteiger charge is -2.39. The zero-order valence-electron chi connectivity index (χ0n) is 20.3. The molecule has 1 aliphatic heterocycles. The second-order valence-corrected chi connectivity index (χ2v) is 8.53. The number of aliphatic hydroxyl groups excluding tert-OH is 3. The molecule has 38 heavy (non-hydrogen) atoms. The van der Waals surface area contributed by atoms with Crippen LogP contribution < -0.4 is 9.47 Å². The Bertz CT molecular complexity index is 1340. The molecule has 1 saturated heterocycles. The van der Waals surface area contributed by atoms with Crippen molar-refractivity contribution in [3.8, 4) is 45.8 Å². The number of aliphatic hydroxyl groups is 3. The van der Waals surface area contributed by atoms with E-state index < -0.39 is 54.8 Å². The summed E-state index contributed by atoms with van der Waals surface area (Å²) in [6.45, 7) is 1.14. The summed E-state index contributed by atoms with van der Waals surface area (Å²) >= 11 is 0. The lowest BCUT2D eigenvalue weighted by Crippen LogP contribution is -2.60. The van der Waals surface area contributed by atoms with Crippen molar-refractivity contribution in [2.24, 2.45) is 0 Å². The number of fused-ring (bicyclic) bond motifs is 1. The number of aromatic hydroxyl groups is 4. The Morgan fingerprint density at radius 1 is 0.947 bits per heavy atom. The van der Waals surface area contributed by atoms with Gasteiger partial charge in [-0.25, -0.2) is 4.42 Å². The Hall–Kier alpha value is -4.04. The van der Waals surface area contributed by atoms with Gasteiger partial charge in [-0.3, -0.25) is 4.79 Å². The number of carbonyl (C=O) groups excluding carboxylic acids is 1. The van der Waals surface area contributed by atoms with E-state index in [0.29, 0.717) is 0 Å². The zero-order valence-corrected chi connectivity index (χ0v) is 20.3. The SMILES string of the molecule is CCC(=O)OC[C@H]1O[C@@H](Oc2cc3c(O)cc(O)cc3[o+]c2-c2cc(O)c(O)c(OC)c2)[C@H](O)[C@@H](O)[C@H]1O. The molecule has 3 aromatic rings. The number of carbonyl (C=O) groups is 1. The summed E-state index contributed by atoms with van der Waals surface area (Å²) in [7, 11) is 1.26. The predicted octanol–water partition coefficient (Wildman–Crippen LogP) is 1.35. The highest BCUT2D eigenvalue weighted by Gasteiger charge is 2.46. The van der Waals surface area contributed by atoms with Crippen LogP contribution >= 0.6 is 0 Å². The third-order valence-corrected chi connectivity index (χ3v) is 5.96. The smallest absolute Gasteiger partial charge is 0.402 e. The lowest BCUT2D eigenvalue weighted by atomic mass is 9.99. The molecule has 2 aromatic carbocycles. The molecule has 7 N–H and O–H groups in total. The first kappa shape index (κ1) is 27.0. The summed E-state index contributed by atoms with van der Waals surface area (Å²) in [5.74, 6) is -2.79. The topological polar surface area (TPSA) is 207 Å². The first-order chi connectivity index (χ1) is 18.0. The fourth-order valence-corrected chi connectivity index (χ4v) is 3.91. The van der Waals surface area contributed by atoms with E-state index in [4.69, 9.17) is 23.4 Å². The lowest BCUT2D eigenvalue weighted by molar-refractivity contribution is -0.278. The standard InChI is InChI=1S/C25H26O13/c1-3-19(29)35-9-18-21(31)22(32)23(33)25(38-18)37-17-8-12-13(27)6-11(26)7-15(12)36-24(17)10-4-14(28)20(30)16(5-10)34-2/h4-8,18,21-23,25,31-33H,3,9H2,1-2H3,(H3-,26,27,28,30)/p+1/t18-,21+,22+,23-,25-/m1/s1. The number of rotatable bonds is 7. The highest BCUT2D eigenvalue weighted by molar-refractivity contribution is 5.88. The number of ether oxygens (including phenoxy) is 4. The van der Waals surface area contributed by atoms with Gasteiger partial charge in [0.25, 0.3) is 0 Å². The summed E-state index contributed by atoms with van der Waals surface area (Å²) in [5, 5.41) is 71.8. The summed E-state index contributed by atoms with van der Waals surface area (Å²) in [5.41, 5.74) is 0.109. The summed E-state index contributed by atoms with van der Waals surface area (Å²) in [4.78, 5) is 11.6. The van der Waals surface area contributed by atoms with Gasteiger partial charge >= 0.3 is 17.3 Å². The van der Waals surface area contributed by atoms with Gasteiger partial charge in [0, 0.05) is 30.7 Å². The van der Waals surface area contributed by atoms with Crippen LogP contribution in [0.5, 0.6) is 34.5 Å². The van der Waals surface area contributed by atoms with Crippen molar-refractivity contribution < 1.29 is 63.9 Å². The third-order valence-electron chi connectivity index (χ3n) is 5.96. The number of phenols is 4. The quantitative estimate of drug-likeness (QED) is 0.130. The molecule has 204 valence electrons. The molecule has 1 fully saturated rings. The van der Waals surface area contributed by atoms with E-state index in [0.717, 1.165) is 12.1 Å². The summed E-state index contributed by atoms with van der Waals surface area (Å²) in [6, 6.07) is 5.99. The van der Waals surface area contributed by atoms with E-state index in [1.54, 1.807) is 6.92 Å². The molecule has 0 saturated carbocycles. The van der Waals surface area contributed by atoms with Crippen molar-refractivity contribution >= 4 is 16.9 Å². The Morgan fingerprint density at radius 2 is 1.68 bits per heavy atom. The van der Waals surface area contributed by atoms with Crippen molar-refractivity contribution in [2.45, 2.75) is 44.1 Å². The van der Waals surface area contributed by atoms with Crippen molar-refractivity contribution in [1.82, 2.24) is 0 Å². The van der Waals surface area contributed by atoms with Gasteiger partial charge in [0.2, 0.25) is 17.8 Å². The van der Waals surface area contributed by atoms with Gasteiger partial charge in [-0.05, 0) is 0 Å². The molecule has 2 heterocycles. The van der Waals surface area contributed by atoms with Gasteiger partial charge in [0.05, 0.1) is 18.7 Å². The minimum absolute atomic E-state index is 0.00121. The maximum Gasteiger partial charge on any atom is 0.402 e. The number of esters is 1. The molecule has 0 unspecified atom stereocenters. The Morgan fingerprint density at radius 3 is 2.37 bits per heavy atom. The van der Waals surface area contributed by atoms with Gasteiger partial charge in [0.15, 0.2) is 11.5 Å². The molecule has 1 aromatic heterocycles. The van der Waals surface area contributed by atoms with E-state index in [9.17, 15) is 40.5 Å². The van der Waals surface area contributed by atoms with Crippen LogP contribution in [0.15, 0.2) is 34.7 Å². The fraction of sp³-hybridized carbons (Fsp3) is 0.360. The molecule has 0 amide bonds. The molecule has 5 atom stereocenters. The number of benzene rings is 2. The van der Waals surface area contributed by atoms with Crippen LogP contribution in [0, 0.1) is 0 Å². The van der Waals surface area contributed by atoms with Crippen molar-refractivity contribution in [2.75, 3.05) is 13.7 Å². The average Bonchev–Trinajstić information content (AvgIpc) is 2.89. The van der Waals surface area contributed by atoms with Gasteiger partial charge in [-0.1, -0.05) is 6.92 Å². The number of phenolic OH excluding ortho intramolecular Hbond substituents is 4. The molecule has 1 aliphatic rings. The van der Waals surface area contributed by atoms with E-state index in [1.165, 1.54) is 25.3 Å². The third kappa shape index (κ3) is 5.17. The van der Waals surface area contributed by atoms with Gasteiger partial charge in [-0.2, -0.15) is 0 Å². The summed E-state index contributed by atoms with van der Waals surface area (Å²) in [6.07, 6.45) is -7.96. The van der Waals surface area contributed by atoms with E-state index >= 15 is 0 Å². The van der Waals surface area contributed by atoms with Crippen LogP contribution in [0.3, 0.4) is 0 Å². The highest BCUT2D eigenvalue weighted by atomic mass is 16.7. The second kappa shape index (κ2) is 10.8. The van der Waals surface area contributed by atoms with E-state index in [1.807, 2.05) is 0 Å². The number of methoxy groups -OCH3 is 1. The van der Waals surface area contributed by atoms with Crippen LogP contribution in [0.25, 0.3) is 22.3 Å². The van der Waals surface area contributed by atoms with Crippen LogP contribution in [-0.4, -0.2) is 86.1 Å². The summed E-state index contributed by atoms with van der Waals surface area (Å²) < 4.78 is 27.4. The van der Waals surface area contributed by atoms with Crippen molar-refractivity contribution in [1.29, 1.82) is 0 Å². The van der Waals surface area contributed by atoms with Crippen molar-refractivity contribution in [3.05, 3.63) is 30.3 Å². The maximum absolute atomic E-state index is 11.6. The van der Waals surface area contributed by atoms with E-state index in [-0.39, 0.29) is 51.7 Å². The molecular weight excluding hydrogens is 508 g/mol. The van der Waals surface area contributed by atoms with Crippen LogP contribution in [-0.2, 0) is 14.3 Å². The van der Waals surface area contributed by atoms with Crippen LogP contribution in [0.1, 0.15) is 13.3 Å². The Kier molecular flexibility index (Phi) is 7.64. The van der Waals surface area contributed by atoms with E-state index in [2.05, 4.69) is 0 Å². The van der Waals surface area contributed by atoms with Crippen LogP contribution in [0.4, 0.5) is 0 Å². The molecule has 0 aliphatic carbocycles. The first-order valence-corrected chi connectivity index (χ1v) is 11.5. The second-order valence-electron chi connectivity index (χ2n) is 8.53. The minimum atomic E-state index is -1.78. The molecule has 0 radical (unpaired) electrons. The van der Waals surface area contributed by atoms with Crippen LogP contribution in [0.2, 0.25) is 0 Å². The molecule has 0 spiro atoms. The first-order valence-electron chi connectivity index (χ1n) is 11.5. The molecule has 13 heteroatoms. The largest absolute Gasteiger partial charge is 0.507 e. The molecule has 0 bridgehead atoms. The molecule has 13 nitrogen and oxygen atoms in total. The number of hydrogen-bond acceptors (Lipinski definition) is 12. The van der Waals surface area contributed by atoms with Gasteiger partial charge in [0.1, 0.15) is 47.9 Å². The monoisotopic (exact) mass is 535 g/mol. The van der Waals surface area contributed by atoms with Gasteiger partial charge < -0.3 is 54.7 Å². The Balaban J connectivity index is 1.79. The highest BCUT2D eigenvalue weighted by Crippen LogP contribution is 2.45. The zero-order chi connectivity index (χ0) is 27.7. The molecule has 4 rings (SSSR count).